The number of halogens is 1. The SMILES string of the molecule is CCC[C@H]1CN(c2nccc(N)n2)C[C@@H]1NC(=O)C1(C#N)CCOCC1.Cl. The first-order chi connectivity index (χ1) is 12.6. The van der Waals surface area contributed by atoms with Crippen LogP contribution in [0.3, 0.4) is 0 Å². The molecule has 9 heteroatoms. The van der Waals surface area contributed by atoms with Crippen molar-refractivity contribution in [3.63, 3.8) is 0 Å². The fraction of sp³-hybridized carbons (Fsp3) is 0.667. The molecule has 0 radical (unpaired) electrons. The Balaban J connectivity index is 0.00000261. The highest BCUT2D eigenvalue weighted by molar-refractivity contribution is 5.86. The number of carbonyl (C=O) groups is 1. The molecule has 0 saturated carbocycles. The van der Waals surface area contributed by atoms with Gasteiger partial charge in [-0.3, -0.25) is 4.79 Å². The van der Waals surface area contributed by atoms with Crippen LogP contribution in [0.25, 0.3) is 0 Å². The number of amides is 1. The van der Waals surface area contributed by atoms with Gasteiger partial charge in [-0.05, 0) is 31.2 Å². The largest absolute Gasteiger partial charge is 0.384 e. The van der Waals surface area contributed by atoms with Crippen LogP contribution in [0.15, 0.2) is 12.3 Å². The Morgan fingerprint density at radius 1 is 1.48 bits per heavy atom. The van der Waals surface area contributed by atoms with Crippen molar-refractivity contribution in [3.05, 3.63) is 12.3 Å². The summed E-state index contributed by atoms with van der Waals surface area (Å²) in [5.74, 6) is 1.14. The zero-order chi connectivity index (χ0) is 18.6. The number of nitriles is 1. The number of nitrogens with one attached hydrogen (secondary N) is 1. The van der Waals surface area contributed by atoms with Gasteiger partial charge in [-0.2, -0.15) is 10.2 Å². The van der Waals surface area contributed by atoms with Gasteiger partial charge in [0.25, 0.3) is 0 Å². The van der Waals surface area contributed by atoms with Crippen molar-refractivity contribution < 1.29 is 9.53 Å². The van der Waals surface area contributed by atoms with Crippen LogP contribution in [0, 0.1) is 22.7 Å². The highest BCUT2D eigenvalue weighted by Crippen LogP contribution is 2.32. The average molecular weight is 395 g/mol. The van der Waals surface area contributed by atoms with E-state index in [4.69, 9.17) is 10.5 Å². The summed E-state index contributed by atoms with van der Waals surface area (Å²) in [5.41, 5.74) is 4.80. The first-order valence-corrected chi connectivity index (χ1v) is 9.21. The normalized spacial score (nSPS) is 23.9. The van der Waals surface area contributed by atoms with Crippen molar-refractivity contribution >= 4 is 30.1 Å². The van der Waals surface area contributed by atoms with Crippen molar-refractivity contribution in [2.75, 3.05) is 36.9 Å². The molecular formula is C18H27ClN6O2. The molecule has 3 N–H and O–H groups in total. The topological polar surface area (TPSA) is 117 Å². The highest BCUT2D eigenvalue weighted by atomic mass is 35.5. The van der Waals surface area contributed by atoms with Crippen LogP contribution in [0.4, 0.5) is 11.8 Å². The third-order valence-electron chi connectivity index (χ3n) is 5.36. The lowest BCUT2D eigenvalue weighted by Gasteiger charge is -2.31. The number of hydrogen-bond donors (Lipinski definition) is 2. The Hall–Kier alpha value is -2.11. The average Bonchev–Trinajstić information content (AvgIpc) is 3.05. The van der Waals surface area contributed by atoms with Gasteiger partial charge in [0.1, 0.15) is 11.2 Å². The molecule has 2 aliphatic heterocycles. The maximum absolute atomic E-state index is 12.9. The molecule has 1 amide bonds. The molecular weight excluding hydrogens is 368 g/mol. The van der Waals surface area contributed by atoms with Crippen LogP contribution in [0.1, 0.15) is 32.6 Å². The lowest BCUT2D eigenvalue weighted by atomic mass is 9.80. The molecule has 3 heterocycles. The minimum absolute atomic E-state index is 0. The van der Waals surface area contributed by atoms with Crippen LogP contribution in [0.5, 0.6) is 0 Å². The van der Waals surface area contributed by atoms with E-state index in [2.05, 4.69) is 33.2 Å². The summed E-state index contributed by atoms with van der Waals surface area (Å²) < 4.78 is 5.32. The Morgan fingerprint density at radius 3 is 2.85 bits per heavy atom. The van der Waals surface area contributed by atoms with E-state index < -0.39 is 5.41 Å². The second-order valence-corrected chi connectivity index (χ2v) is 7.12. The molecule has 1 aromatic heterocycles. The monoisotopic (exact) mass is 394 g/mol. The zero-order valence-corrected chi connectivity index (χ0v) is 16.4. The zero-order valence-electron chi connectivity index (χ0n) is 15.6. The maximum atomic E-state index is 12.9. The predicted octanol–water partition coefficient (Wildman–Crippen LogP) is 1.52. The van der Waals surface area contributed by atoms with Crippen molar-refractivity contribution in [2.45, 2.75) is 38.6 Å². The first-order valence-electron chi connectivity index (χ1n) is 9.21. The van der Waals surface area contributed by atoms with E-state index in [0.717, 1.165) is 19.4 Å². The van der Waals surface area contributed by atoms with Gasteiger partial charge in [0.2, 0.25) is 11.9 Å². The predicted molar refractivity (Wildman–Crippen MR) is 104 cm³/mol. The quantitative estimate of drug-likeness (QED) is 0.777. The summed E-state index contributed by atoms with van der Waals surface area (Å²) >= 11 is 0. The Bertz CT molecular complexity index is 689. The number of carbonyl (C=O) groups excluding carboxylic acids is 1. The molecule has 2 atom stereocenters. The second kappa shape index (κ2) is 9.20. The van der Waals surface area contributed by atoms with Crippen LogP contribution >= 0.6 is 12.4 Å². The molecule has 2 fully saturated rings. The fourth-order valence-corrected chi connectivity index (χ4v) is 3.79. The summed E-state index contributed by atoms with van der Waals surface area (Å²) in [6.07, 6.45) is 4.56. The van der Waals surface area contributed by atoms with E-state index >= 15 is 0 Å². The molecule has 0 spiro atoms. The number of nitrogen functional groups attached to an aromatic ring is 1. The number of anilines is 2. The van der Waals surface area contributed by atoms with Gasteiger partial charge in [-0.25, -0.2) is 4.98 Å². The molecule has 0 unspecified atom stereocenters. The van der Waals surface area contributed by atoms with Gasteiger partial charge >= 0.3 is 0 Å². The minimum Gasteiger partial charge on any atom is -0.384 e. The summed E-state index contributed by atoms with van der Waals surface area (Å²) in [6.45, 7) is 4.43. The van der Waals surface area contributed by atoms with E-state index in [1.807, 2.05) is 0 Å². The van der Waals surface area contributed by atoms with Gasteiger partial charge in [0.15, 0.2) is 0 Å². The number of ether oxygens (including phenoxy) is 1. The first kappa shape index (κ1) is 21.2. The van der Waals surface area contributed by atoms with Crippen molar-refractivity contribution in [2.24, 2.45) is 11.3 Å². The van der Waals surface area contributed by atoms with Crippen LogP contribution < -0.4 is 16.0 Å². The summed E-state index contributed by atoms with van der Waals surface area (Å²) in [7, 11) is 0. The van der Waals surface area contributed by atoms with Gasteiger partial charge in [0, 0.05) is 32.5 Å². The molecule has 2 aliphatic rings. The molecule has 2 saturated heterocycles. The molecule has 0 aliphatic carbocycles. The van der Waals surface area contributed by atoms with E-state index in [9.17, 15) is 10.1 Å². The summed E-state index contributed by atoms with van der Waals surface area (Å²) in [4.78, 5) is 23.6. The lowest BCUT2D eigenvalue weighted by Crippen LogP contribution is -2.50. The van der Waals surface area contributed by atoms with E-state index in [1.165, 1.54) is 0 Å². The van der Waals surface area contributed by atoms with Gasteiger partial charge in [-0.15, -0.1) is 12.4 Å². The molecule has 27 heavy (non-hydrogen) atoms. The number of nitrogens with zero attached hydrogens (tertiary/aromatic N) is 4. The van der Waals surface area contributed by atoms with Gasteiger partial charge < -0.3 is 20.7 Å². The lowest BCUT2D eigenvalue weighted by molar-refractivity contribution is -0.133. The smallest absolute Gasteiger partial charge is 0.240 e. The second-order valence-electron chi connectivity index (χ2n) is 7.12. The third kappa shape index (κ3) is 4.60. The van der Waals surface area contributed by atoms with E-state index in [0.29, 0.717) is 50.3 Å². The Labute approximate surface area is 165 Å². The molecule has 1 aromatic rings. The molecule has 0 bridgehead atoms. The Morgan fingerprint density at radius 2 is 2.22 bits per heavy atom. The van der Waals surface area contributed by atoms with Crippen LogP contribution in [0.2, 0.25) is 0 Å². The number of rotatable bonds is 5. The number of aromatic nitrogens is 2. The van der Waals surface area contributed by atoms with Crippen molar-refractivity contribution in [3.8, 4) is 6.07 Å². The van der Waals surface area contributed by atoms with Crippen molar-refractivity contribution in [1.29, 1.82) is 5.26 Å². The fourth-order valence-electron chi connectivity index (χ4n) is 3.79. The highest BCUT2D eigenvalue weighted by Gasteiger charge is 2.43. The number of nitrogens with two attached hydrogens (primary N) is 1. The van der Waals surface area contributed by atoms with Crippen LogP contribution in [-0.4, -0.2) is 48.2 Å². The molecule has 8 nitrogen and oxygen atoms in total. The molecule has 3 rings (SSSR count). The minimum atomic E-state index is -0.976. The summed E-state index contributed by atoms with van der Waals surface area (Å²) in [6, 6.07) is 3.87. The van der Waals surface area contributed by atoms with E-state index in [-0.39, 0.29) is 24.4 Å². The van der Waals surface area contributed by atoms with Crippen molar-refractivity contribution in [1.82, 2.24) is 15.3 Å². The van der Waals surface area contributed by atoms with Gasteiger partial charge in [0.05, 0.1) is 12.1 Å². The number of hydrogen-bond acceptors (Lipinski definition) is 7. The molecule has 148 valence electrons. The van der Waals surface area contributed by atoms with Crippen LogP contribution in [-0.2, 0) is 9.53 Å². The summed E-state index contributed by atoms with van der Waals surface area (Å²) in [5, 5.41) is 12.7. The van der Waals surface area contributed by atoms with Gasteiger partial charge in [-0.1, -0.05) is 13.3 Å². The molecule has 0 aromatic carbocycles. The third-order valence-corrected chi connectivity index (χ3v) is 5.36. The van der Waals surface area contributed by atoms with E-state index in [1.54, 1.807) is 12.3 Å². The Kier molecular flexibility index (Phi) is 7.22. The maximum Gasteiger partial charge on any atom is 0.240 e. The standard InChI is InChI=1S/C18H26N6O2.ClH/c1-2-3-13-10-24(17-21-7-4-15(20)23-17)11-14(13)22-16(25)18(12-19)5-8-26-9-6-18;/h4,7,13-14H,2-3,5-6,8-11H2,1H3,(H,22,25)(H2,20,21,23);1H/t13-,14-;/m0./s1.